The van der Waals surface area contributed by atoms with Crippen LogP contribution in [0.25, 0.3) is 10.9 Å². The number of hydrogen-bond acceptors (Lipinski definition) is 9. The Morgan fingerprint density at radius 1 is 1.00 bits per heavy atom. The van der Waals surface area contributed by atoms with Gasteiger partial charge < -0.3 is 29.2 Å². The molecule has 0 saturated carbocycles. The van der Waals surface area contributed by atoms with Gasteiger partial charge in [0.05, 0.1) is 5.52 Å². The van der Waals surface area contributed by atoms with E-state index < -0.39 is 42.5 Å². The Kier molecular flexibility index (Phi) is 7.06. The summed E-state index contributed by atoms with van der Waals surface area (Å²) < 4.78 is 22.2. The van der Waals surface area contributed by atoms with Crippen LogP contribution in [0.5, 0.6) is 11.5 Å². The van der Waals surface area contributed by atoms with Crippen LogP contribution in [0, 0.1) is 0 Å². The first-order chi connectivity index (χ1) is 16.3. The third kappa shape index (κ3) is 5.17. The van der Waals surface area contributed by atoms with E-state index in [9.17, 15) is 19.8 Å². The van der Waals surface area contributed by atoms with Gasteiger partial charge in [-0.15, -0.1) is 0 Å². The molecule has 2 aromatic carbocycles. The van der Waals surface area contributed by atoms with E-state index in [1.807, 2.05) is 24.3 Å². The SMILES string of the molecule is CC(=O)OC[C@H]1O[C@H](c2cccc(Oc3ccnc4ccccc34)c2)[C@@H](O)[C@@H](O)[C@H]1OC(C)=O. The number of fused-ring (bicyclic) bond motifs is 1. The minimum absolute atomic E-state index is 0.257. The summed E-state index contributed by atoms with van der Waals surface area (Å²) >= 11 is 0. The lowest BCUT2D eigenvalue weighted by Gasteiger charge is -2.42. The molecule has 0 spiro atoms. The number of aliphatic hydroxyl groups excluding tert-OH is 2. The molecule has 2 N–H and O–H groups in total. The quantitative estimate of drug-likeness (QED) is 0.527. The number of benzene rings is 2. The van der Waals surface area contributed by atoms with Crippen molar-refractivity contribution in [3.8, 4) is 11.5 Å². The van der Waals surface area contributed by atoms with E-state index in [0.29, 0.717) is 17.1 Å². The van der Waals surface area contributed by atoms with Gasteiger partial charge in [0, 0.05) is 25.4 Å². The van der Waals surface area contributed by atoms with E-state index in [4.69, 9.17) is 18.9 Å². The molecule has 9 nitrogen and oxygen atoms in total. The van der Waals surface area contributed by atoms with Gasteiger partial charge >= 0.3 is 11.9 Å². The molecule has 0 radical (unpaired) electrons. The van der Waals surface area contributed by atoms with E-state index >= 15 is 0 Å². The van der Waals surface area contributed by atoms with E-state index in [0.717, 1.165) is 10.9 Å². The summed E-state index contributed by atoms with van der Waals surface area (Å²) in [6.07, 6.45) is -4.39. The van der Waals surface area contributed by atoms with Gasteiger partial charge in [-0.1, -0.05) is 24.3 Å². The van der Waals surface area contributed by atoms with Gasteiger partial charge in [0.15, 0.2) is 6.10 Å². The van der Waals surface area contributed by atoms with Gasteiger partial charge in [-0.05, 0) is 35.9 Å². The third-order valence-electron chi connectivity index (χ3n) is 5.46. The molecule has 1 fully saturated rings. The molecule has 2 heterocycles. The standard InChI is InChI=1S/C25H25NO8/c1-14(27)31-13-21-25(32-15(2)28)23(30)22(29)24(34-21)16-6-5-7-17(12-16)33-20-10-11-26-19-9-4-3-8-18(19)20/h3-12,21-25,29-30H,13H2,1-2H3/t21-,22+,23-,24-,25+/m1/s1. The number of esters is 2. The number of nitrogens with zero attached hydrogens (tertiary/aromatic N) is 1. The molecule has 178 valence electrons. The van der Waals surface area contributed by atoms with Crippen molar-refractivity contribution in [3.05, 3.63) is 66.4 Å². The highest BCUT2D eigenvalue weighted by atomic mass is 16.6. The topological polar surface area (TPSA) is 124 Å². The second-order valence-electron chi connectivity index (χ2n) is 7.95. The lowest BCUT2D eigenvalue weighted by atomic mass is 9.91. The lowest BCUT2D eigenvalue weighted by molar-refractivity contribution is -0.242. The Morgan fingerprint density at radius 2 is 1.79 bits per heavy atom. The summed E-state index contributed by atoms with van der Waals surface area (Å²) in [4.78, 5) is 27.1. The van der Waals surface area contributed by atoms with Crippen LogP contribution < -0.4 is 4.74 Å². The van der Waals surface area contributed by atoms with Crippen molar-refractivity contribution in [1.82, 2.24) is 4.98 Å². The highest BCUT2D eigenvalue weighted by Gasteiger charge is 2.47. The molecule has 5 atom stereocenters. The number of rotatable bonds is 6. The predicted molar refractivity (Wildman–Crippen MR) is 120 cm³/mol. The van der Waals surface area contributed by atoms with Crippen LogP contribution in [-0.4, -0.2) is 58.2 Å². The minimum Gasteiger partial charge on any atom is -0.463 e. The Labute approximate surface area is 195 Å². The summed E-state index contributed by atoms with van der Waals surface area (Å²) in [6.45, 7) is 2.15. The number of aromatic nitrogens is 1. The van der Waals surface area contributed by atoms with Crippen molar-refractivity contribution >= 4 is 22.8 Å². The summed E-state index contributed by atoms with van der Waals surface area (Å²) in [6, 6.07) is 16.2. The summed E-state index contributed by atoms with van der Waals surface area (Å²) in [5, 5.41) is 22.3. The Hall–Kier alpha value is -3.53. The molecule has 9 heteroatoms. The second-order valence-corrected chi connectivity index (χ2v) is 7.95. The first-order valence-electron chi connectivity index (χ1n) is 10.8. The van der Waals surface area contributed by atoms with Crippen molar-refractivity contribution in [1.29, 1.82) is 0 Å². The molecular formula is C25H25NO8. The Bertz CT molecular complexity index is 1180. The largest absolute Gasteiger partial charge is 0.463 e. The monoisotopic (exact) mass is 467 g/mol. The zero-order valence-corrected chi connectivity index (χ0v) is 18.7. The maximum Gasteiger partial charge on any atom is 0.303 e. The number of carbonyl (C=O) groups is 2. The molecule has 1 aliphatic rings. The van der Waals surface area contributed by atoms with Crippen molar-refractivity contribution in [2.24, 2.45) is 0 Å². The second kappa shape index (κ2) is 10.2. The van der Waals surface area contributed by atoms with Crippen molar-refractivity contribution in [2.45, 2.75) is 44.4 Å². The van der Waals surface area contributed by atoms with Gasteiger partial charge in [0.2, 0.25) is 0 Å². The normalized spacial score (nSPS) is 24.4. The zero-order valence-electron chi connectivity index (χ0n) is 18.7. The fourth-order valence-electron chi connectivity index (χ4n) is 3.93. The van der Waals surface area contributed by atoms with Gasteiger partial charge in [-0.2, -0.15) is 0 Å². The molecule has 3 aromatic rings. The highest BCUT2D eigenvalue weighted by molar-refractivity contribution is 5.84. The van der Waals surface area contributed by atoms with E-state index in [2.05, 4.69) is 4.98 Å². The summed E-state index contributed by atoms with van der Waals surface area (Å²) in [7, 11) is 0. The first-order valence-corrected chi connectivity index (χ1v) is 10.8. The van der Waals surface area contributed by atoms with Crippen LogP contribution >= 0.6 is 0 Å². The third-order valence-corrected chi connectivity index (χ3v) is 5.46. The fourth-order valence-corrected chi connectivity index (χ4v) is 3.93. The number of carbonyl (C=O) groups excluding carboxylic acids is 2. The molecule has 1 aliphatic heterocycles. The zero-order chi connectivity index (χ0) is 24.2. The minimum atomic E-state index is -1.46. The van der Waals surface area contributed by atoms with E-state index in [-0.39, 0.29) is 6.61 Å². The summed E-state index contributed by atoms with van der Waals surface area (Å²) in [5.74, 6) is -0.123. The number of pyridine rings is 1. The molecule has 34 heavy (non-hydrogen) atoms. The highest BCUT2D eigenvalue weighted by Crippen LogP contribution is 2.36. The van der Waals surface area contributed by atoms with E-state index in [1.165, 1.54) is 13.8 Å². The average Bonchev–Trinajstić information content (AvgIpc) is 2.82. The fraction of sp³-hybridized carbons (Fsp3) is 0.320. The van der Waals surface area contributed by atoms with Gasteiger partial charge in [-0.3, -0.25) is 14.6 Å². The lowest BCUT2D eigenvalue weighted by Crippen LogP contribution is -2.57. The summed E-state index contributed by atoms with van der Waals surface area (Å²) in [5.41, 5.74) is 1.31. The van der Waals surface area contributed by atoms with Crippen molar-refractivity contribution in [2.75, 3.05) is 6.61 Å². The Morgan fingerprint density at radius 3 is 2.56 bits per heavy atom. The van der Waals surface area contributed by atoms with Crippen LogP contribution in [0.2, 0.25) is 0 Å². The van der Waals surface area contributed by atoms with Gasteiger partial charge in [-0.25, -0.2) is 0 Å². The number of aliphatic hydroxyl groups is 2. The number of hydrogen-bond donors (Lipinski definition) is 2. The first kappa shape index (κ1) is 23.6. The van der Waals surface area contributed by atoms with Crippen molar-refractivity contribution in [3.63, 3.8) is 0 Å². The van der Waals surface area contributed by atoms with Crippen LogP contribution in [-0.2, 0) is 23.8 Å². The number of ether oxygens (including phenoxy) is 4. The molecule has 0 unspecified atom stereocenters. The smallest absolute Gasteiger partial charge is 0.303 e. The van der Waals surface area contributed by atoms with Gasteiger partial charge in [0.25, 0.3) is 0 Å². The van der Waals surface area contributed by atoms with Crippen molar-refractivity contribution < 1.29 is 38.7 Å². The predicted octanol–water partition coefficient (Wildman–Crippen LogP) is 2.68. The molecular weight excluding hydrogens is 442 g/mol. The van der Waals surface area contributed by atoms with Crippen LogP contribution in [0.3, 0.4) is 0 Å². The molecule has 0 amide bonds. The Balaban J connectivity index is 1.60. The maximum absolute atomic E-state index is 11.5. The van der Waals surface area contributed by atoms with Crippen LogP contribution in [0.4, 0.5) is 0 Å². The average molecular weight is 467 g/mol. The van der Waals surface area contributed by atoms with Crippen LogP contribution in [0.1, 0.15) is 25.5 Å². The van der Waals surface area contributed by atoms with E-state index in [1.54, 1.807) is 36.5 Å². The maximum atomic E-state index is 11.5. The van der Waals surface area contributed by atoms with Gasteiger partial charge in [0.1, 0.15) is 42.5 Å². The molecule has 1 aromatic heterocycles. The molecule has 1 saturated heterocycles. The molecule has 4 rings (SSSR count). The number of para-hydroxylation sites is 1. The van der Waals surface area contributed by atoms with Crippen LogP contribution in [0.15, 0.2) is 60.8 Å². The molecule has 0 bridgehead atoms. The molecule has 0 aliphatic carbocycles.